The topological polar surface area (TPSA) is 92.8 Å². The van der Waals surface area contributed by atoms with Crippen LogP contribution in [0.1, 0.15) is 6.92 Å². The molecular weight excluding hydrogens is 324 g/mol. The van der Waals surface area contributed by atoms with Crippen LogP contribution in [0.3, 0.4) is 0 Å². The maximum atomic E-state index is 10.8. The van der Waals surface area contributed by atoms with Crippen molar-refractivity contribution in [3.05, 3.63) is 68.8 Å². The monoisotopic (exact) mass is 342 g/mol. The highest BCUT2D eigenvalue weighted by Gasteiger charge is 2.24. The Hall–Kier alpha value is -3.16. The van der Waals surface area contributed by atoms with Crippen LogP contribution in [0.25, 0.3) is 0 Å². The van der Waals surface area contributed by atoms with E-state index in [0.717, 1.165) is 31.0 Å². The van der Waals surface area contributed by atoms with E-state index in [4.69, 9.17) is 0 Å². The van der Waals surface area contributed by atoms with Gasteiger partial charge in [0.2, 0.25) is 0 Å². The van der Waals surface area contributed by atoms with Crippen LogP contribution in [0, 0.1) is 20.2 Å². The first kappa shape index (κ1) is 16.7. The second kappa shape index (κ2) is 6.76. The van der Waals surface area contributed by atoms with Crippen LogP contribution in [-0.2, 0) is 0 Å². The van der Waals surface area contributed by atoms with Gasteiger partial charge in [-0.2, -0.15) is 0 Å². The predicted octanol–water partition coefficient (Wildman–Crippen LogP) is 3.22. The molecule has 1 saturated heterocycles. The maximum Gasteiger partial charge on any atom is 0.269 e. The van der Waals surface area contributed by atoms with Gasteiger partial charge in [-0.3, -0.25) is 20.2 Å². The third-order valence-corrected chi connectivity index (χ3v) is 4.45. The summed E-state index contributed by atoms with van der Waals surface area (Å²) in [5, 5.41) is 21.5. The third-order valence-electron chi connectivity index (χ3n) is 4.45. The number of hydrogen-bond donors (Lipinski definition) is 0. The molecule has 0 amide bonds. The summed E-state index contributed by atoms with van der Waals surface area (Å²) in [4.78, 5) is 25.1. The van der Waals surface area contributed by atoms with Crippen molar-refractivity contribution >= 4 is 22.7 Å². The van der Waals surface area contributed by atoms with Gasteiger partial charge in [-0.15, -0.1) is 0 Å². The Balaban J connectivity index is 1.69. The standard InChI is InChI=1S/C17H18N4O4/c1-13-12-18(14-2-6-16(7-3-14)20(22)23)10-11-19(13)15-4-8-17(9-5-15)21(24)25/h2-9,13H,10-12H2,1H3/t13-/m1/s1. The van der Waals surface area contributed by atoms with Crippen LogP contribution >= 0.6 is 0 Å². The summed E-state index contributed by atoms with van der Waals surface area (Å²) in [5.41, 5.74) is 2.09. The third kappa shape index (κ3) is 3.52. The van der Waals surface area contributed by atoms with Crippen molar-refractivity contribution in [1.29, 1.82) is 0 Å². The lowest BCUT2D eigenvalue weighted by atomic mass is 10.1. The number of anilines is 2. The lowest BCUT2D eigenvalue weighted by Crippen LogP contribution is -2.52. The van der Waals surface area contributed by atoms with Gasteiger partial charge in [-0.1, -0.05) is 0 Å². The molecule has 0 unspecified atom stereocenters. The van der Waals surface area contributed by atoms with Gasteiger partial charge < -0.3 is 9.80 Å². The summed E-state index contributed by atoms with van der Waals surface area (Å²) < 4.78 is 0. The molecule has 1 fully saturated rings. The zero-order chi connectivity index (χ0) is 18.0. The van der Waals surface area contributed by atoms with Crippen LogP contribution in [0.15, 0.2) is 48.5 Å². The molecule has 25 heavy (non-hydrogen) atoms. The molecule has 0 N–H and O–H groups in total. The number of benzene rings is 2. The van der Waals surface area contributed by atoms with E-state index in [2.05, 4.69) is 16.7 Å². The Bertz CT molecular complexity index is 776. The van der Waals surface area contributed by atoms with E-state index in [1.54, 1.807) is 24.3 Å². The van der Waals surface area contributed by atoms with Gasteiger partial charge >= 0.3 is 0 Å². The van der Waals surface area contributed by atoms with Crippen molar-refractivity contribution in [2.24, 2.45) is 0 Å². The van der Waals surface area contributed by atoms with Crippen LogP contribution in [0.5, 0.6) is 0 Å². The van der Waals surface area contributed by atoms with E-state index in [0.29, 0.717) is 0 Å². The molecule has 0 aliphatic carbocycles. The Kier molecular flexibility index (Phi) is 4.51. The largest absolute Gasteiger partial charge is 0.368 e. The lowest BCUT2D eigenvalue weighted by molar-refractivity contribution is -0.385. The number of non-ortho nitro benzene ring substituents is 2. The average molecular weight is 342 g/mol. The van der Waals surface area contributed by atoms with Gasteiger partial charge in [-0.25, -0.2) is 0 Å². The molecule has 8 heteroatoms. The SMILES string of the molecule is C[C@@H]1CN(c2ccc([N+](=O)[O-])cc2)CCN1c1ccc([N+](=O)[O-])cc1. The first-order valence-electron chi connectivity index (χ1n) is 7.96. The van der Waals surface area contributed by atoms with Gasteiger partial charge in [0.15, 0.2) is 0 Å². The van der Waals surface area contributed by atoms with Crippen LogP contribution < -0.4 is 9.80 Å². The predicted molar refractivity (Wildman–Crippen MR) is 95.2 cm³/mol. The van der Waals surface area contributed by atoms with Crippen molar-refractivity contribution < 1.29 is 9.85 Å². The zero-order valence-electron chi connectivity index (χ0n) is 13.7. The number of rotatable bonds is 4. The fraction of sp³-hybridized carbons (Fsp3) is 0.294. The number of nitrogens with zero attached hydrogens (tertiary/aromatic N) is 4. The molecular formula is C17H18N4O4. The molecule has 1 atom stereocenters. The minimum Gasteiger partial charge on any atom is -0.368 e. The van der Waals surface area contributed by atoms with Crippen molar-refractivity contribution in [2.45, 2.75) is 13.0 Å². The molecule has 2 aromatic rings. The summed E-state index contributed by atoms with van der Waals surface area (Å²) >= 11 is 0. The number of nitro groups is 2. The summed E-state index contributed by atoms with van der Waals surface area (Å²) in [7, 11) is 0. The smallest absolute Gasteiger partial charge is 0.269 e. The normalized spacial score (nSPS) is 17.4. The van der Waals surface area contributed by atoms with E-state index in [1.165, 1.54) is 24.3 Å². The molecule has 0 saturated carbocycles. The van der Waals surface area contributed by atoms with Crippen molar-refractivity contribution in [2.75, 3.05) is 29.4 Å². The second-order valence-corrected chi connectivity index (χ2v) is 6.04. The fourth-order valence-electron chi connectivity index (χ4n) is 3.13. The summed E-state index contributed by atoms with van der Waals surface area (Å²) in [6.07, 6.45) is 0. The summed E-state index contributed by atoms with van der Waals surface area (Å²) in [6, 6.07) is 13.4. The summed E-state index contributed by atoms with van der Waals surface area (Å²) in [6.45, 7) is 4.42. The van der Waals surface area contributed by atoms with E-state index in [9.17, 15) is 20.2 Å². The van der Waals surface area contributed by atoms with Gasteiger partial charge in [0.1, 0.15) is 0 Å². The Morgan fingerprint density at radius 3 is 1.76 bits per heavy atom. The molecule has 1 aliphatic heterocycles. The molecule has 0 spiro atoms. The quantitative estimate of drug-likeness (QED) is 0.625. The number of hydrogen-bond acceptors (Lipinski definition) is 6. The van der Waals surface area contributed by atoms with E-state index >= 15 is 0 Å². The molecule has 130 valence electrons. The minimum absolute atomic E-state index is 0.0842. The molecule has 3 rings (SSSR count). The highest BCUT2D eigenvalue weighted by Crippen LogP contribution is 2.26. The molecule has 1 aliphatic rings. The molecule has 0 radical (unpaired) electrons. The minimum atomic E-state index is -0.404. The van der Waals surface area contributed by atoms with Gasteiger partial charge in [0.05, 0.1) is 9.85 Å². The maximum absolute atomic E-state index is 10.8. The summed E-state index contributed by atoms with van der Waals surface area (Å²) in [5.74, 6) is 0. The highest BCUT2D eigenvalue weighted by atomic mass is 16.6. The van der Waals surface area contributed by atoms with Crippen LogP contribution in [0.2, 0.25) is 0 Å². The lowest BCUT2D eigenvalue weighted by Gasteiger charge is -2.42. The van der Waals surface area contributed by atoms with Gasteiger partial charge in [-0.05, 0) is 31.2 Å². The van der Waals surface area contributed by atoms with E-state index in [1.807, 2.05) is 0 Å². The Labute approximate surface area is 144 Å². The van der Waals surface area contributed by atoms with Crippen LogP contribution in [0.4, 0.5) is 22.7 Å². The van der Waals surface area contributed by atoms with E-state index < -0.39 is 9.85 Å². The van der Waals surface area contributed by atoms with Gasteiger partial charge in [0, 0.05) is 61.3 Å². The first-order chi connectivity index (χ1) is 12.0. The van der Waals surface area contributed by atoms with E-state index in [-0.39, 0.29) is 17.4 Å². The fourth-order valence-corrected chi connectivity index (χ4v) is 3.13. The Morgan fingerprint density at radius 1 is 0.840 bits per heavy atom. The van der Waals surface area contributed by atoms with Crippen molar-refractivity contribution in [3.8, 4) is 0 Å². The van der Waals surface area contributed by atoms with Gasteiger partial charge in [0.25, 0.3) is 11.4 Å². The average Bonchev–Trinajstić information content (AvgIpc) is 2.62. The molecule has 1 heterocycles. The van der Waals surface area contributed by atoms with Crippen molar-refractivity contribution in [1.82, 2.24) is 0 Å². The van der Waals surface area contributed by atoms with Crippen LogP contribution in [-0.4, -0.2) is 35.5 Å². The van der Waals surface area contributed by atoms with Crippen molar-refractivity contribution in [3.63, 3.8) is 0 Å². The molecule has 8 nitrogen and oxygen atoms in total. The molecule has 0 bridgehead atoms. The molecule has 2 aromatic carbocycles. The highest BCUT2D eigenvalue weighted by molar-refractivity contribution is 5.56. The second-order valence-electron chi connectivity index (χ2n) is 6.04. The number of nitro benzene ring substituents is 2. The Morgan fingerprint density at radius 2 is 1.32 bits per heavy atom. The first-order valence-corrected chi connectivity index (χ1v) is 7.96. The molecule has 0 aromatic heterocycles. The number of piperazine rings is 1. The zero-order valence-corrected chi connectivity index (χ0v) is 13.7.